The summed E-state index contributed by atoms with van der Waals surface area (Å²) in [5.41, 5.74) is 5.60. The van der Waals surface area contributed by atoms with E-state index in [2.05, 4.69) is 10.1 Å². The molecule has 1 aromatic carbocycles. The number of anilines is 1. The molecule has 0 fully saturated rings. The lowest BCUT2D eigenvalue weighted by atomic mass is 10.2. The van der Waals surface area contributed by atoms with E-state index < -0.39 is 23.7 Å². The lowest BCUT2D eigenvalue weighted by Gasteiger charge is -2.23. The highest BCUT2D eigenvalue weighted by Crippen LogP contribution is 2.36. The number of carbonyl (C=O) groups excluding carboxylic acids is 3. The van der Waals surface area contributed by atoms with Crippen LogP contribution in [0, 0.1) is 0 Å². The van der Waals surface area contributed by atoms with E-state index in [-0.39, 0.29) is 12.3 Å². The summed E-state index contributed by atoms with van der Waals surface area (Å²) >= 11 is 1.30. The molecule has 0 aromatic heterocycles. The first-order valence-corrected chi connectivity index (χ1v) is 6.44. The van der Waals surface area contributed by atoms with Gasteiger partial charge < -0.3 is 15.8 Å². The summed E-state index contributed by atoms with van der Waals surface area (Å²) in [7, 11) is 0. The molecule has 1 heterocycles. The highest BCUT2D eigenvalue weighted by molar-refractivity contribution is 8.01. The van der Waals surface area contributed by atoms with Gasteiger partial charge in [0.1, 0.15) is 0 Å². The van der Waals surface area contributed by atoms with Crippen molar-refractivity contribution >= 4 is 35.2 Å². The number of hydrogen-bond donors (Lipinski definition) is 2. The number of hydrogen-bond acceptors (Lipinski definition) is 5. The second kappa shape index (κ2) is 5.75. The van der Waals surface area contributed by atoms with Crippen LogP contribution >= 0.6 is 11.8 Å². The van der Waals surface area contributed by atoms with Gasteiger partial charge in [-0.3, -0.25) is 14.4 Å². The zero-order chi connectivity index (χ0) is 13.8. The predicted octanol–water partition coefficient (Wildman–Crippen LogP) is 0.518. The van der Waals surface area contributed by atoms with Gasteiger partial charge in [0.15, 0.2) is 6.61 Å². The Morgan fingerprint density at radius 1 is 1.37 bits per heavy atom. The Balaban J connectivity index is 1.97. The van der Waals surface area contributed by atoms with Crippen LogP contribution in [0.5, 0.6) is 0 Å². The molecular weight excluding hydrogens is 268 g/mol. The lowest BCUT2D eigenvalue weighted by Crippen LogP contribution is -2.32. The van der Waals surface area contributed by atoms with E-state index in [0.29, 0.717) is 0 Å². The third-order valence-electron chi connectivity index (χ3n) is 2.43. The quantitative estimate of drug-likeness (QED) is 0.783. The number of fused-ring (bicyclic) bond motifs is 1. The van der Waals surface area contributed by atoms with E-state index in [1.807, 2.05) is 18.2 Å². The normalized spacial score (nSPS) is 17.3. The standard InChI is InChI=1S/C12H12N2O4S/c13-10(15)6-18-11(16)5-9-12(17)14-7-3-1-2-4-8(7)19-9/h1-4,9H,5-6H2,(H2,13,15)(H,14,17)/t9-/m1/s1. The van der Waals surface area contributed by atoms with Gasteiger partial charge in [-0.1, -0.05) is 12.1 Å². The van der Waals surface area contributed by atoms with Crippen molar-refractivity contribution in [1.82, 2.24) is 0 Å². The molecule has 0 saturated carbocycles. The summed E-state index contributed by atoms with van der Waals surface area (Å²) in [6.45, 7) is -0.464. The molecule has 1 aliphatic rings. The number of esters is 1. The molecule has 0 unspecified atom stereocenters. The van der Waals surface area contributed by atoms with E-state index in [4.69, 9.17) is 5.73 Å². The molecule has 2 rings (SSSR count). The van der Waals surface area contributed by atoms with E-state index in [1.54, 1.807) is 6.07 Å². The zero-order valence-electron chi connectivity index (χ0n) is 9.92. The summed E-state index contributed by atoms with van der Waals surface area (Å²) in [5, 5.41) is 2.16. The number of thioether (sulfide) groups is 1. The number of carbonyl (C=O) groups is 3. The largest absolute Gasteiger partial charge is 0.456 e. The van der Waals surface area contributed by atoms with Crippen LogP contribution in [0.4, 0.5) is 5.69 Å². The number of benzene rings is 1. The molecule has 19 heavy (non-hydrogen) atoms. The van der Waals surface area contributed by atoms with Crippen LogP contribution in [-0.4, -0.2) is 29.6 Å². The number of rotatable bonds is 4. The molecule has 100 valence electrons. The molecular formula is C12H12N2O4S. The van der Waals surface area contributed by atoms with Crippen LogP contribution in [0.25, 0.3) is 0 Å². The van der Waals surface area contributed by atoms with Gasteiger partial charge in [0, 0.05) is 4.90 Å². The van der Waals surface area contributed by atoms with Crippen LogP contribution in [0.15, 0.2) is 29.2 Å². The van der Waals surface area contributed by atoms with Gasteiger partial charge >= 0.3 is 5.97 Å². The average Bonchev–Trinajstić information content (AvgIpc) is 2.37. The predicted molar refractivity (Wildman–Crippen MR) is 69.5 cm³/mol. The van der Waals surface area contributed by atoms with Crippen molar-refractivity contribution in [3.63, 3.8) is 0 Å². The van der Waals surface area contributed by atoms with Crippen LogP contribution in [0.2, 0.25) is 0 Å². The number of nitrogens with one attached hydrogen (secondary N) is 1. The van der Waals surface area contributed by atoms with Gasteiger partial charge in [-0.15, -0.1) is 11.8 Å². The van der Waals surface area contributed by atoms with Crippen molar-refractivity contribution in [2.24, 2.45) is 5.73 Å². The summed E-state index contributed by atoms with van der Waals surface area (Å²) in [4.78, 5) is 34.6. The van der Waals surface area contributed by atoms with Crippen molar-refractivity contribution in [2.75, 3.05) is 11.9 Å². The molecule has 0 spiro atoms. The molecule has 1 aromatic rings. The van der Waals surface area contributed by atoms with Gasteiger partial charge in [0.2, 0.25) is 5.91 Å². The number of amides is 2. The van der Waals surface area contributed by atoms with E-state index in [9.17, 15) is 14.4 Å². The molecule has 3 N–H and O–H groups in total. The first-order chi connectivity index (χ1) is 9.06. The summed E-state index contributed by atoms with van der Waals surface area (Å²) < 4.78 is 4.64. The Morgan fingerprint density at radius 2 is 2.11 bits per heavy atom. The first kappa shape index (κ1) is 13.4. The van der Waals surface area contributed by atoms with Crippen LogP contribution in [0.3, 0.4) is 0 Å². The smallest absolute Gasteiger partial charge is 0.307 e. The highest BCUT2D eigenvalue weighted by Gasteiger charge is 2.29. The van der Waals surface area contributed by atoms with Gasteiger partial charge in [-0.2, -0.15) is 0 Å². The summed E-state index contributed by atoms with van der Waals surface area (Å²) in [6, 6.07) is 7.33. The maximum atomic E-state index is 11.8. The third-order valence-corrected chi connectivity index (χ3v) is 3.71. The fourth-order valence-electron chi connectivity index (χ4n) is 1.59. The van der Waals surface area contributed by atoms with Crippen LogP contribution in [-0.2, 0) is 19.1 Å². The van der Waals surface area contributed by atoms with Crippen molar-refractivity contribution < 1.29 is 19.1 Å². The van der Waals surface area contributed by atoms with Crippen molar-refractivity contribution in [3.05, 3.63) is 24.3 Å². The summed E-state index contributed by atoms with van der Waals surface area (Å²) in [5.74, 6) is -1.59. The minimum absolute atomic E-state index is 0.0991. The number of para-hydroxylation sites is 1. The first-order valence-electron chi connectivity index (χ1n) is 5.57. The second-order valence-electron chi connectivity index (χ2n) is 3.92. The average molecular weight is 280 g/mol. The molecule has 0 bridgehead atoms. The molecule has 0 radical (unpaired) electrons. The maximum absolute atomic E-state index is 11.8. The topological polar surface area (TPSA) is 98.5 Å². The molecule has 1 aliphatic heterocycles. The van der Waals surface area contributed by atoms with Gasteiger partial charge in [-0.25, -0.2) is 0 Å². The Bertz CT molecular complexity index is 532. The Hall–Kier alpha value is -2.02. The summed E-state index contributed by atoms with van der Waals surface area (Å²) in [6.07, 6.45) is -0.0991. The van der Waals surface area contributed by atoms with E-state index in [0.717, 1.165) is 10.6 Å². The molecule has 0 aliphatic carbocycles. The minimum Gasteiger partial charge on any atom is -0.456 e. The highest BCUT2D eigenvalue weighted by atomic mass is 32.2. The van der Waals surface area contributed by atoms with Gasteiger partial charge in [-0.05, 0) is 12.1 Å². The monoisotopic (exact) mass is 280 g/mol. The Labute approximate surface area is 113 Å². The maximum Gasteiger partial charge on any atom is 0.307 e. The fourth-order valence-corrected chi connectivity index (χ4v) is 2.68. The number of nitrogens with two attached hydrogens (primary N) is 1. The number of ether oxygens (including phenoxy) is 1. The van der Waals surface area contributed by atoms with Gasteiger partial charge in [0.25, 0.3) is 5.91 Å². The molecule has 0 saturated heterocycles. The molecule has 2 amide bonds. The van der Waals surface area contributed by atoms with E-state index in [1.165, 1.54) is 11.8 Å². The molecule has 1 atom stereocenters. The van der Waals surface area contributed by atoms with Crippen molar-refractivity contribution in [1.29, 1.82) is 0 Å². The molecule has 6 nitrogen and oxygen atoms in total. The third kappa shape index (κ3) is 3.47. The zero-order valence-corrected chi connectivity index (χ0v) is 10.7. The van der Waals surface area contributed by atoms with E-state index >= 15 is 0 Å². The lowest BCUT2D eigenvalue weighted by molar-refractivity contribution is -0.148. The second-order valence-corrected chi connectivity index (χ2v) is 5.17. The fraction of sp³-hybridized carbons (Fsp3) is 0.250. The van der Waals surface area contributed by atoms with Crippen molar-refractivity contribution in [3.8, 4) is 0 Å². The number of primary amides is 1. The van der Waals surface area contributed by atoms with Crippen molar-refractivity contribution in [2.45, 2.75) is 16.6 Å². The van der Waals surface area contributed by atoms with Crippen LogP contribution < -0.4 is 11.1 Å². The van der Waals surface area contributed by atoms with Gasteiger partial charge in [0.05, 0.1) is 17.4 Å². The molecule has 7 heteroatoms. The Kier molecular flexibility index (Phi) is 4.06. The minimum atomic E-state index is -0.723. The van der Waals surface area contributed by atoms with Crippen LogP contribution in [0.1, 0.15) is 6.42 Å². The Morgan fingerprint density at radius 3 is 2.84 bits per heavy atom. The SMILES string of the molecule is NC(=O)COC(=O)C[C@H]1Sc2ccccc2NC1=O.